The normalized spacial score (nSPS) is 16.7. The molecule has 1 atom stereocenters. The first-order valence-electron chi connectivity index (χ1n) is 9.84. The maximum atomic E-state index is 13.0. The molecule has 172 valence electrons. The van der Waals surface area contributed by atoms with Gasteiger partial charge in [-0.25, -0.2) is 15.1 Å². The van der Waals surface area contributed by atoms with Crippen molar-refractivity contribution in [2.75, 3.05) is 4.90 Å². The molecule has 0 aliphatic carbocycles. The van der Waals surface area contributed by atoms with Gasteiger partial charge in [0.15, 0.2) is 5.92 Å². The number of benzene rings is 3. The van der Waals surface area contributed by atoms with Gasteiger partial charge in [-0.1, -0.05) is 42.5 Å². The first-order chi connectivity index (χ1) is 16.2. The van der Waals surface area contributed by atoms with Crippen LogP contribution in [0.5, 0.6) is 0 Å². The molecular formula is C23H15F3N4O4. The summed E-state index contributed by atoms with van der Waals surface area (Å²) in [5.41, 5.74) is 1.08. The monoisotopic (exact) mass is 468 g/mol. The van der Waals surface area contributed by atoms with Crippen molar-refractivity contribution in [2.24, 2.45) is 11.0 Å². The van der Waals surface area contributed by atoms with Gasteiger partial charge in [0.2, 0.25) is 5.91 Å². The summed E-state index contributed by atoms with van der Waals surface area (Å²) in [6, 6.07) is 14.5. The molecule has 11 heteroatoms. The van der Waals surface area contributed by atoms with Gasteiger partial charge in [-0.3, -0.25) is 19.7 Å². The molecule has 1 fully saturated rings. The Hall–Kier alpha value is -4.54. The SMILES string of the molecule is O=C(N/N=C\[C@H]1C(=O)NC(=O)N(c2cccc(C(F)(F)F)c2)C1=O)c1cccc2ccccc12. The van der Waals surface area contributed by atoms with Crippen molar-refractivity contribution >= 4 is 46.4 Å². The Morgan fingerprint density at radius 2 is 1.71 bits per heavy atom. The molecule has 5 amide bonds. The van der Waals surface area contributed by atoms with Gasteiger partial charge >= 0.3 is 12.2 Å². The Labute approximate surface area is 190 Å². The van der Waals surface area contributed by atoms with E-state index in [1.165, 1.54) is 0 Å². The lowest BCUT2D eigenvalue weighted by Gasteiger charge is -2.28. The fraction of sp³-hybridized carbons (Fsp3) is 0.0870. The number of nitrogens with zero attached hydrogens (tertiary/aromatic N) is 2. The number of amides is 5. The van der Waals surface area contributed by atoms with E-state index in [4.69, 9.17) is 0 Å². The van der Waals surface area contributed by atoms with E-state index in [2.05, 4.69) is 10.5 Å². The van der Waals surface area contributed by atoms with Crippen LogP contribution in [0.2, 0.25) is 0 Å². The number of urea groups is 1. The van der Waals surface area contributed by atoms with Gasteiger partial charge < -0.3 is 0 Å². The number of nitrogens with one attached hydrogen (secondary N) is 2. The fourth-order valence-corrected chi connectivity index (χ4v) is 3.44. The summed E-state index contributed by atoms with van der Waals surface area (Å²) in [6.45, 7) is 0. The second kappa shape index (κ2) is 8.77. The number of carbonyl (C=O) groups excluding carboxylic acids is 4. The molecule has 8 nitrogen and oxygen atoms in total. The largest absolute Gasteiger partial charge is 0.416 e. The molecule has 3 aromatic carbocycles. The summed E-state index contributed by atoms with van der Waals surface area (Å²) in [4.78, 5) is 50.1. The van der Waals surface area contributed by atoms with Crippen molar-refractivity contribution in [3.8, 4) is 0 Å². The third-order valence-corrected chi connectivity index (χ3v) is 5.06. The standard InChI is InChI=1S/C23H15F3N4O4/c24-23(25,26)14-7-4-8-15(11-14)30-21(33)18(19(31)28-22(30)34)12-27-29-20(32)17-10-3-6-13-5-1-2-9-16(13)17/h1-12,18H,(H,29,32)(H,28,31,34)/b27-12-/t18-/m0/s1. The molecule has 0 aromatic heterocycles. The lowest BCUT2D eigenvalue weighted by Crippen LogP contribution is -2.58. The molecule has 0 spiro atoms. The van der Waals surface area contributed by atoms with Crippen molar-refractivity contribution in [1.29, 1.82) is 0 Å². The van der Waals surface area contributed by atoms with Crippen LogP contribution in [0.3, 0.4) is 0 Å². The number of barbiturate groups is 1. The predicted octanol–water partition coefficient (Wildman–Crippen LogP) is 3.47. The minimum Gasteiger partial charge on any atom is -0.276 e. The highest BCUT2D eigenvalue weighted by molar-refractivity contribution is 6.32. The fourth-order valence-electron chi connectivity index (χ4n) is 3.44. The Balaban J connectivity index is 1.55. The van der Waals surface area contributed by atoms with Crippen molar-refractivity contribution in [3.63, 3.8) is 0 Å². The van der Waals surface area contributed by atoms with Crippen LogP contribution in [0.4, 0.5) is 23.7 Å². The van der Waals surface area contributed by atoms with Crippen LogP contribution in [-0.4, -0.2) is 30.0 Å². The summed E-state index contributed by atoms with van der Waals surface area (Å²) in [7, 11) is 0. The number of hydrogen-bond acceptors (Lipinski definition) is 5. The lowest BCUT2D eigenvalue weighted by molar-refractivity contribution is -0.138. The topological polar surface area (TPSA) is 108 Å². The van der Waals surface area contributed by atoms with Crippen molar-refractivity contribution in [2.45, 2.75) is 6.18 Å². The molecule has 2 N–H and O–H groups in total. The van der Waals surface area contributed by atoms with Gasteiger partial charge in [0.1, 0.15) is 0 Å². The zero-order valence-electron chi connectivity index (χ0n) is 17.2. The molecule has 0 saturated carbocycles. The van der Waals surface area contributed by atoms with Crippen LogP contribution in [0, 0.1) is 5.92 Å². The number of hydrogen-bond donors (Lipinski definition) is 2. The zero-order chi connectivity index (χ0) is 24.5. The van der Waals surface area contributed by atoms with Gasteiger partial charge in [0.05, 0.1) is 11.3 Å². The second-order valence-corrected chi connectivity index (χ2v) is 7.24. The molecule has 4 rings (SSSR count). The van der Waals surface area contributed by atoms with Crippen LogP contribution in [0.15, 0.2) is 71.8 Å². The van der Waals surface area contributed by atoms with Crippen LogP contribution in [0.1, 0.15) is 15.9 Å². The average molecular weight is 468 g/mol. The Kier molecular flexibility index (Phi) is 5.84. The van der Waals surface area contributed by atoms with Crippen LogP contribution < -0.4 is 15.6 Å². The Morgan fingerprint density at radius 3 is 2.47 bits per heavy atom. The lowest BCUT2D eigenvalue weighted by atomic mass is 10.0. The van der Waals surface area contributed by atoms with E-state index in [-0.39, 0.29) is 5.69 Å². The van der Waals surface area contributed by atoms with Crippen molar-refractivity contribution in [3.05, 3.63) is 77.9 Å². The summed E-state index contributed by atoms with van der Waals surface area (Å²) in [6.07, 6.45) is -3.89. The molecule has 1 aliphatic heterocycles. The quantitative estimate of drug-likeness (QED) is 0.347. The highest BCUT2D eigenvalue weighted by atomic mass is 19.4. The number of alkyl halides is 3. The highest BCUT2D eigenvalue weighted by Gasteiger charge is 2.41. The number of fused-ring (bicyclic) bond motifs is 1. The molecule has 1 saturated heterocycles. The zero-order valence-corrected chi connectivity index (χ0v) is 17.2. The first-order valence-corrected chi connectivity index (χ1v) is 9.84. The van der Waals surface area contributed by atoms with Gasteiger partial charge in [-0.15, -0.1) is 0 Å². The van der Waals surface area contributed by atoms with Crippen LogP contribution >= 0.6 is 0 Å². The number of rotatable bonds is 4. The summed E-state index contributed by atoms with van der Waals surface area (Å²) < 4.78 is 39.1. The summed E-state index contributed by atoms with van der Waals surface area (Å²) >= 11 is 0. The summed E-state index contributed by atoms with van der Waals surface area (Å²) in [5.74, 6) is -4.40. The maximum absolute atomic E-state index is 13.0. The molecule has 1 heterocycles. The Bertz CT molecular complexity index is 1350. The number of anilines is 1. The second-order valence-electron chi connectivity index (χ2n) is 7.24. The third kappa shape index (κ3) is 4.35. The summed E-state index contributed by atoms with van der Waals surface area (Å²) in [5, 5.41) is 7.04. The number of hydrazone groups is 1. The van der Waals surface area contributed by atoms with Gasteiger partial charge in [0.25, 0.3) is 11.8 Å². The molecule has 0 unspecified atom stereocenters. The van der Waals surface area contributed by atoms with E-state index >= 15 is 0 Å². The average Bonchev–Trinajstić information content (AvgIpc) is 2.80. The van der Waals surface area contributed by atoms with E-state index in [1.54, 1.807) is 24.3 Å². The van der Waals surface area contributed by atoms with Crippen LogP contribution in [-0.2, 0) is 15.8 Å². The van der Waals surface area contributed by atoms with E-state index in [0.29, 0.717) is 21.9 Å². The van der Waals surface area contributed by atoms with Gasteiger partial charge in [-0.2, -0.15) is 18.3 Å². The molecule has 0 bridgehead atoms. The molecular weight excluding hydrogens is 453 g/mol. The predicted molar refractivity (Wildman–Crippen MR) is 116 cm³/mol. The van der Waals surface area contributed by atoms with E-state index < -0.39 is 41.4 Å². The maximum Gasteiger partial charge on any atom is 0.416 e. The number of imide groups is 2. The van der Waals surface area contributed by atoms with Gasteiger partial charge in [0, 0.05) is 11.8 Å². The van der Waals surface area contributed by atoms with Crippen molar-refractivity contribution < 1.29 is 32.3 Å². The minimum atomic E-state index is -4.70. The minimum absolute atomic E-state index is 0.301. The smallest absolute Gasteiger partial charge is 0.276 e. The first kappa shape index (κ1) is 22.6. The molecule has 3 aromatic rings. The Morgan fingerprint density at radius 1 is 1.00 bits per heavy atom. The number of carbonyl (C=O) groups is 4. The van der Waals surface area contributed by atoms with E-state index in [0.717, 1.165) is 29.8 Å². The molecule has 34 heavy (non-hydrogen) atoms. The molecule has 1 aliphatic rings. The van der Waals surface area contributed by atoms with Gasteiger partial charge in [-0.05, 0) is 35.0 Å². The van der Waals surface area contributed by atoms with Crippen LogP contribution in [0.25, 0.3) is 10.8 Å². The van der Waals surface area contributed by atoms with Crippen molar-refractivity contribution in [1.82, 2.24) is 10.7 Å². The number of halogens is 3. The van der Waals surface area contributed by atoms with E-state index in [9.17, 15) is 32.3 Å². The highest BCUT2D eigenvalue weighted by Crippen LogP contribution is 2.32. The van der Waals surface area contributed by atoms with E-state index in [1.807, 2.05) is 23.5 Å². The molecule has 0 radical (unpaired) electrons. The third-order valence-electron chi connectivity index (χ3n) is 5.06.